The van der Waals surface area contributed by atoms with Crippen LogP contribution in [0.25, 0.3) is 0 Å². The summed E-state index contributed by atoms with van der Waals surface area (Å²) in [5.74, 6) is 0.403. The van der Waals surface area contributed by atoms with Crippen molar-refractivity contribution in [3.63, 3.8) is 0 Å². The molecule has 0 saturated heterocycles. The highest BCUT2D eigenvalue weighted by Crippen LogP contribution is 2.26. The number of nitrogens with one attached hydrogen (secondary N) is 1. The van der Waals surface area contributed by atoms with Crippen molar-refractivity contribution >= 4 is 33.4 Å². The highest BCUT2D eigenvalue weighted by Gasteiger charge is 2.29. The molecule has 0 radical (unpaired) electrons. The first-order valence-corrected chi connectivity index (χ1v) is 11.6. The highest BCUT2D eigenvalue weighted by molar-refractivity contribution is 7.99. The van der Waals surface area contributed by atoms with Gasteiger partial charge in [-0.1, -0.05) is 30.3 Å². The molecular weight excluding hydrogens is 380 g/mol. The first kappa shape index (κ1) is 21.3. The number of aryl methyl sites for hydroxylation is 2. The molecule has 0 aliphatic heterocycles. The van der Waals surface area contributed by atoms with E-state index in [0.29, 0.717) is 18.0 Å². The lowest BCUT2D eigenvalue weighted by Gasteiger charge is -2.29. The first-order valence-electron chi connectivity index (χ1n) is 8.72. The molecule has 0 unspecified atom stereocenters. The van der Waals surface area contributed by atoms with Gasteiger partial charge in [0.1, 0.15) is 6.04 Å². The molecule has 1 N–H and O–H groups in total. The van der Waals surface area contributed by atoms with E-state index in [0.717, 1.165) is 22.3 Å². The van der Waals surface area contributed by atoms with Crippen LogP contribution in [0.3, 0.4) is 0 Å². The smallest absolute Gasteiger partial charge is 0.243 e. The largest absolute Gasteiger partial charge is 0.353 e. The Balaban J connectivity index is 2.05. The Morgan fingerprint density at radius 2 is 1.81 bits per heavy atom. The normalized spacial score (nSPS) is 12.4. The van der Waals surface area contributed by atoms with E-state index < -0.39 is 16.1 Å². The van der Waals surface area contributed by atoms with E-state index in [4.69, 9.17) is 0 Å². The zero-order chi connectivity index (χ0) is 20.0. The van der Waals surface area contributed by atoms with Gasteiger partial charge in [0.2, 0.25) is 15.9 Å². The van der Waals surface area contributed by atoms with E-state index in [-0.39, 0.29) is 5.91 Å². The highest BCUT2D eigenvalue weighted by atomic mass is 32.2. The topological polar surface area (TPSA) is 66.5 Å². The average Bonchev–Trinajstić information content (AvgIpc) is 2.61. The predicted molar refractivity (Wildman–Crippen MR) is 113 cm³/mol. The van der Waals surface area contributed by atoms with Gasteiger partial charge in [0, 0.05) is 17.2 Å². The molecule has 2 aromatic carbocycles. The van der Waals surface area contributed by atoms with Crippen LogP contribution in [0.5, 0.6) is 0 Å². The van der Waals surface area contributed by atoms with Crippen LogP contribution < -0.4 is 9.62 Å². The standard InChI is InChI=1S/C20H26N2O3S2/c1-15-10-11-16(2)19(14-15)22(27(4,24)25)17(3)20(23)21-12-13-26-18-8-6-5-7-9-18/h5-11,14,17H,12-13H2,1-4H3,(H,21,23)/t17-/m1/s1. The van der Waals surface area contributed by atoms with E-state index in [9.17, 15) is 13.2 Å². The number of amides is 1. The Morgan fingerprint density at radius 3 is 2.44 bits per heavy atom. The quantitative estimate of drug-likeness (QED) is 0.539. The monoisotopic (exact) mass is 406 g/mol. The van der Waals surface area contributed by atoms with Crippen LogP contribution in [0, 0.1) is 13.8 Å². The van der Waals surface area contributed by atoms with E-state index in [1.807, 2.05) is 56.3 Å². The third kappa shape index (κ3) is 6.01. The van der Waals surface area contributed by atoms with Crippen LogP contribution >= 0.6 is 11.8 Å². The SMILES string of the molecule is Cc1ccc(C)c(N([C@H](C)C(=O)NCCSc2ccccc2)S(C)(=O)=O)c1. The van der Waals surface area contributed by atoms with Crippen molar-refractivity contribution in [2.75, 3.05) is 22.9 Å². The van der Waals surface area contributed by atoms with Crippen molar-refractivity contribution in [1.29, 1.82) is 0 Å². The summed E-state index contributed by atoms with van der Waals surface area (Å²) in [5, 5.41) is 2.84. The van der Waals surface area contributed by atoms with Crippen molar-refractivity contribution < 1.29 is 13.2 Å². The number of carbonyl (C=O) groups is 1. The van der Waals surface area contributed by atoms with Crippen LogP contribution in [0.15, 0.2) is 53.4 Å². The third-order valence-electron chi connectivity index (χ3n) is 4.10. The molecule has 0 spiro atoms. The molecule has 146 valence electrons. The Hall–Kier alpha value is -1.99. The van der Waals surface area contributed by atoms with Crippen LogP contribution in [0.1, 0.15) is 18.1 Å². The molecular formula is C20H26N2O3S2. The van der Waals surface area contributed by atoms with Crippen LogP contribution in [-0.4, -0.2) is 38.9 Å². The van der Waals surface area contributed by atoms with Gasteiger partial charge in [0.15, 0.2) is 0 Å². The van der Waals surface area contributed by atoms with E-state index in [1.54, 1.807) is 24.8 Å². The molecule has 1 atom stereocenters. The molecule has 7 heteroatoms. The maximum atomic E-state index is 12.6. The minimum Gasteiger partial charge on any atom is -0.353 e. The average molecular weight is 407 g/mol. The first-order chi connectivity index (χ1) is 12.7. The van der Waals surface area contributed by atoms with Gasteiger partial charge >= 0.3 is 0 Å². The molecule has 2 aromatic rings. The summed E-state index contributed by atoms with van der Waals surface area (Å²) in [5.41, 5.74) is 2.29. The summed E-state index contributed by atoms with van der Waals surface area (Å²) in [7, 11) is -3.61. The maximum Gasteiger partial charge on any atom is 0.243 e. The molecule has 1 amide bonds. The number of nitrogens with zero attached hydrogens (tertiary/aromatic N) is 1. The Morgan fingerprint density at radius 1 is 1.15 bits per heavy atom. The number of thioether (sulfide) groups is 1. The molecule has 0 aliphatic rings. The molecule has 0 saturated carbocycles. The third-order valence-corrected chi connectivity index (χ3v) is 6.35. The summed E-state index contributed by atoms with van der Waals surface area (Å²) in [4.78, 5) is 13.7. The van der Waals surface area contributed by atoms with Gasteiger partial charge in [-0.05, 0) is 50.1 Å². The van der Waals surface area contributed by atoms with Crippen molar-refractivity contribution in [2.45, 2.75) is 31.7 Å². The van der Waals surface area contributed by atoms with Gasteiger partial charge in [0.05, 0.1) is 11.9 Å². The lowest BCUT2D eigenvalue weighted by molar-refractivity contribution is -0.121. The molecule has 0 heterocycles. The lowest BCUT2D eigenvalue weighted by atomic mass is 10.1. The molecule has 27 heavy (non-hydrogen) atoms. The number of sulfonamides is 1. The van der Waals surface area contributed by atoms with Crippen molar-refractivity contribution in [3.8, 4) is 0 Å². The summed E-state index contributed by atoms with van der Waals surface area (Å²) in [6.07, 6.45) is 1.13. The molecule has 0 bridgehead atoms. The summed E-state index contributed by atoms with van der Waals surface area (Å²) in [6.45, 7) is 5.82. The maximum absolute atomic E-state index is 12.6. The van der Waals surface area contributed by atoms with Gasteiger partial charge in [-0.15, -0.1) is 11.8 Å². The number of carbonyl (C=O) groups excluding carboxylic acids is 1. The zero-order valence-electron chi connectivity index (χ0n) is 16.1. The number of rotatable bonds is 8. The molecule has 5 nitrogen and oxygen atoms in total. The van der Waals surface area contributed by atoms with Gasteiger partial charge < -0.3 is 5.32 Å². The second kappa shape index (κ2) is 9.28. The number of hydrogen-bond donors (Lipinski definition) is 1. The summed E-state index contributed by atoms with van der Waals surface area (Å²) < 4.78 is 26.0. The second-order valence-corrected chi connectivity index (χ2v) is 9.51. The molecule has 2 rings (SSSR count). The Labute approximate surface area is 166 Å². The van der Waals surface area contributed by atoms with Crippen molar-refractivity contribution in [1.82, 2.24) is 5.32 Å². The minimum absolute atomic E-state index is 0.310. The van der Waals surface area contributed by atoms with Gasteiger partial charge in [-0.25, -0.2) is 8.42 Å². The van der Waals surface area contributed by atoms with Gasteiger partial charge in [-0.3, -0.25) is 9.10 Å². The van der Waals surface area contributed by atoms with E-state index in [1.165, 1.54) is 4.31 Å². The van der Waals surface area contributed by atoms with Gasteiger partial charge in [0.25, 0.3) is 0 Å². The Bertz CT molecular complexity index is 883. The summed E-state index contributed by atoms with van der Waals surface area (Å²) in [6, 6.07) is 14.7. The summed E-state index contributed by atoms with van der Waals surface area (Å²) >= 11 is 1.64. The number of hydrogen-bond acceptors (Lipinski definition) is 4. The molecule has 0 aromatic heterocycles. The van der Waals surface area contributed by atoms with Crippen LogP contribution in [-0.2, 0) is 14.8 Å². The number of anilines is 1. The van der Waals surface area contributed by atoms with Crippen LogP contribution in [0.2, 0.25) is 0 Å². The number of benzene rings is 2. The fourth-order valence-corrected chi connectivity index (χ4v) is 4.76. The van der Waals surface area contributed by atoms with E-state index in [2.05, 4.69) is 5.32 Å². The van der Waals surface area contributed by atoms with Crippen molar-refractivity contribution in [3.05, 3.63) is 59.7 Å². The predicted octanol–water partition coefficient (Wildman–Crippen LogP) is 3.37. The molecule has 0 aliphatic carbocycles. The fraction of sp³-hybridized carbons (Fsp3) is 0.350. The van der Waals surface area contributed by atoms with Crippen molar-refractivity contribution in [2.24, 2.45) is 0 Å². The van der Waals surface area contributed by atoms with Gasteiger partial charge in [-0.2, -0.15) is 0 Å². The zero-order valence-corrected chi connectivity index (χ0v) is 17.7. The van der Waals surface area contributed by atoms with Crippen LogP contribution in [0.4, 0.5) is 5.69 Å². The Kier molecular flexibility index (Phi) is 7.33. The van der Waals surface area contributed by atoms with E-state index >= 15 is 0 Å². The fourth-order valence-electron chi connectivity index (χ4n) is 2.75. The minimum atomic E-state index is -3.61. The lowest BCUT2D eigenvalue weighted by Crippen LogP contribution is -2.48. The molecule has 0 fully saturated rings. The second-order valence-electron chi connectivity index (χ2n) is 6.48.